The molecule has 454 valence electrons. The smallest absolute Gasteiger partial charge is 0.165 e. The Hall–Kier alpha value is -13.2. The predicted molar refractivity (Wildman–Crippen MR) is 411 cm³/mol. The third kappa shape index (κ3) is 8.15. The first-order valence-corrected chi connectivity index (χ1v) is 33.6. The van der Waals surface area contributed by atoms with E-state index < -0.39 is 0 Å². The Labute approximate surface area is 562 Å². The molecule has 0 amide bonds. The van der Waals surface area contributed by atoms with Crippen LogP contribution in [0, 0.1) is 0 Å². The lowest BCUT2D eigenvalue weighted by molar-refractivity contribution is 0.961. The molecule has 6 nitrogen and oxygen atoms in total. The number of hydrogen-bond donors (Lipinski definition) is 0. The minimum absolute atomic E-state index is 0.784. The van der Waals surface area contributed by atoms with Crippen LogP contribution < -0.4 is 0 Å². The van der Waals surface area contributed by atoms with Crippen molar-refractivity contribution in [2.75, 3.05) is 0 Å². The molecule has 0 fully saturated rings. The number of para-hydroxylation sites is 4. The molecule has 0 atom stereocenters. The van der Waals surface area contributed by atoms with Crippen molar-refractivity contribution in [2.24, 2.45) is 0 Å². The van der Waals surface area contributed by atoms with Gasteiger partial charge in [0.15, 0.2) is 11.6 Å². The fourth-order valence-electron chi connectivity index (χ4n) is 16.1. The highest BCUT2D eigenvalue weighted by Crippen LogP contribution is 2.51. The van der Waals surface area contributed by atoms with Gasteiger partial charge in [-0.2, -0.15) is 0 Å². The van der Waals surface area contributed by atoms with E-state index in [1.807, 2.05) is 0 Å². The molecule has 6 heteroatoms. The van der Waals surface area contributed by atoms with Crippen molar-refractivity contribution >= 4 is 130 Å². The molecule has 0 bridgehead atoms. The van der Waals surface area contributed by atoms with Crippen molar-refractivity contribution < 1.29 is 0 Å². The van der Waals surface area contributed by atoms with E-state index in [0.29, 0.717) is 0 Å². The summed E-state index contributed by atoms with van der Waals surface area (Å²) < 4.78 is 10.1. The highest BCUT2D eigenvalue weighted by atomic mass is 15.2. The largest absolute Gasteiger partial charge is 0.305 e. The second-order valence-electron chi connectivity index (χ2n) is 26.0. The number of aromatic nitrogens is 6. The summed E-state index contributed by atoms with van der Waals surface area (Å²) in [6.07, 6.45) is 0. The maximum atomic E-state index is 6.69. The van der Waals surface area contributed by atoms with Crippen LogP contribution in [0.2, 0.25) is 0 Å². The van der Waals surface area contributed by atoms with Gasteiger partial charge in [-0.05, 0) is 145 Å². The van der Waals surface area contributed by atoms with E-state index >= 15 is 0 Å². The Bertz CT molecular complexity index is 6520. The van der Waals surface area contributed by atoms with E-state index in [1.165, 1.54) is 21.5 Å². The molecule has 0 spiro atoms. The normalized spacial score (nSPS) is 12.1. The summed E-state index contributed by atoms with van der Waals surface area (Å²) in [7, 11) is 0. The van der Waals surface area contributed by atoms with Gasteiger partial charge < -0.3 is 9.13 Å². The van der Waals surface area contributed by atoms with Crippen LogP contribution in [-0.4, -0.2) is 28.2 Å². The van der Waals surface area contributed by atoms with Gasteiger partial charge in [0.1, 0.15) is 11.4 Å². The fraction of sp³-hybridized carbons (Fsp3) is 0. The number of benzene rings is 15. The molecule has 6 heterocycles. The molecule has 21 aromatic rings. The molecule has 0 aliphatic carbocycles. The van der Waals surface area contributed by atoms with Crippen LogP contribution in [0.1, 0.15) is 0 Å². The Kier molecular flexibility index (Phi) is 11.7. The molecule has 15 aromatic carbocycles. The molecule has 98 heavy (non-hydrogen) atoms. The van der Waals surface area contributed by atoms with Gasteiger partial charge in [0, 0.05) is 59.8 Å². The van der Waals surface area contributed by atoms with Gasteiger partial charge in [-0.1, -0.05) is 255 Å². The Morgan fingerprint density at radius 3 is 0.796 bits per heavy atom. The highest BCUT2D eigenvalue weighted by molar-refractivity contribution is 6.20. The highest BCUT2D eigenvalue weighted by Gasteiger charge is 2.33. The first-order valence-electron chi connectivity index (χ1n) is 33.6. The molecule has 0 aliphatic heterocycles. The predicted octanol–water partition coefficient (Wildman–Crippen LogP) is 24.1. The Morgan fingerprint density at radius 1 is 0.173 bits per heavy atom. The van der Waals surface area contributed by atoms with Crippen LogP contribution >= 0.6 is 0 Å². The second-order valence-corrected chi connectivity index (χ2v) is 26.0. The minimum Gasteiger partial charge on any atom is -0.305 e. The standard InChI is InChI=1S/C92H56N6/c1-3-23-58(24-4-1)78-51-69(52-79(93-78)59-25-5-2-6-26-59)57-43-45-60(46-44-57)88-89(95-80-39-19-15-35-70(80)74-47-61-27-7-11-31-65(61)53-84(74)95)91(97-82-41-21-17-37-72(82)76-49-63-29-9-13-33-67(63)55-86(76)97)94-92(98-83-42-22-18-38-73(83)77-50-64-30-10-14-34-68(64)56-87(77)98)90(88)96-81-40-20-16-36-71(81)75-48-62-28-8-12-32-66(62)54-85(75)96/h1-56H. The summed E-state index contributed by atoms with van der Waals surface area (Å²) in [4.78, 5) is 12.0. The van der Waals surface area contributed by atoms with Gasteiger partial charge >= 0.3 is 0 Å². The van der Waals surface area contributed by atoms with Crippen LogP contribution in [-0.2, 0) is 0 Å². The van der Waals surface area contributed by atoms with Crippen LogP contribution in [0.4, 0.5) is 0 Å². The van der Waals surface area contributed by atoms with Crippen molar-refractivity contribution in [3.63, 3.8) is 0 Å². The van der Waals surface area contributed by atoms with Crippen molar-refractivity contribution in [3.05, 3.63) is 340 Å². The number of hydrogen-bond acceptors (Lipinski definition) is 2. The fourth-order valence-corrected chi connectivity index (χ4v) is 16.1. The van der Waals surface area contributed by atoms with E-state index in [1.54, 1.807) is 0 Å². The van der Waals surface area contributed by atoms with E-state index in [0.717, 1.165) is 177 Å². The summed E-state index contributed by atoms with van der Waals surface area (Å²) >= 11 is 0. The monoisotopic (exact) mass is 1240 g/mol. The lowest BCUT2D eigenvalue weighted by atomic mass is 9.96. The third-order valence-electron chi connectivity index (χ3n) is 20.6. The van der Waals surface area contributed by atoms with Gasteiger partial charge in [-0.25, -0.2) is 9.97 Å². The van der Waals surface area contributed by atoms with E-state index in [2.05, 4.69) is 358 Å². The molecule has 0 saturated carbocycles. The topological polar surface area (TPSA) is 45.5 Å². The average Bonchev–Trinajstić information content (AvgIpc) is 1.48. The zero-order valence-electron chi connectivity index (χ0n) is 53.0. The van der Waals surface area contributed by atoms with Crippen LogP contribution in [0.25, 0.3) is 198 Å². The SMILES string of the molecule is c1ccc(-c2cc(-c3ccc(-c4c(-n5c6ccccc6c6cc7ccccc7cc65)c(-n5c6ccccc6c6cc7ccccc7cc65)nc(-n5c6ccccc6c6cc7ccccc7cc65)c4-n4c5ccccc5c5cc6ccccc6cc54)cc3)cc(-c3ccccc3)n2)cc1. The Balaban J connectivity index is 1.01. The molecule has 21 rings (SSSR count). The maximum absolute atomic E-state index is 6.69. The number of pyridine rings is 2. The average molecular weight is 1250 g/mol. The van der Waals surface area contributed by atoms with Crippen LogP contribution in [0.5, 0.6) is 0 Å². The van der Waals surface area contributed by atoms with Crippen LogP contribution in [0.15, 0.2) is 340 Å². The van der Waals surface area contributed by atoms with E-state index in [9.17, 15) is 0 Å². The second kappa shape index (κ2) is 21.2. The molecule has 0 aliphatic rings. The summed E-state index contributed by atoms with van der Waals surface area (Å²) in [5.74, 6) is 1.57. The van der Waals surface area contributed by atoms with Gasteiger partial charge in [0.25, 0.3) is 0 Å². The summed E-state index contributed by atoms with van der Waals surface area (Å²) in [6, 6.07) is 125. The molecule has 0 unspecified atom stereocenters. The summed E-state index contributed by atoms with van der Waals surface area (Å²) in [5.41, 5.74) is 18.5. The molecular formula is C92H56N6. The summed E-state index contributed by atoms with van der Waals surface area (Å²) in [5, 5.41) is 18.5. The van der Waals surface area contributed by atoms with Crippen molar-refractivity contribution in [1.82, 2.24) is 28.2 Å². The Morgan fingerprint density at radius 2 is 0.449 bits per heavy atom. The van der Waals surface area contributed by atoms with E-state index in [4.69, 9.17) is 9.97 Å². The molecule has 0 saturated heterocycles. The van der Waals surface area contributed by atoms with Crippen molar-refractivity contribution in [1.29, 1.82) is 0 Å². The minimum atomic E-state index is 0.784. The van der Waals surface area contributed by atoms with Crippen LogP contribution in [0.3, 0.4) is 0 Å². The van der Waals surface area contributed by atoms with Gasteiger partial charge in [-0.15, -0.1) is 0 Å². The third-order valence-corrected chi connectivity index (χ3v) is 20.6. The molecule has 6 aromatic heterocycles. The van der Waals surface area contributed by atoms with Gasteiger partial charge in [0.05, 0.1) is 55.5 Å². The van der Waals surface area contributed by atoms with Gasteiger partial charge in [-0.3, -0.25) is 9.13 Å². The first-order chi connectivity index (χ1) is 48.6. The lowest BCUT2D eigenvalue weighted by Gasteiger charge is -2.27. The molecular weight excluding hydrogens is 1190 g/mol. The summed E-state index contributed by atoms with van der Waals surface area (Å²) in [6.45, 7) is 0. The van der Waals surface area contributed by atoms with E-state index in [-0.39, 0.29) is 0 Å². The zero-order chi connectivity index (χ0) is 64.1. The molecule has 0 N–H and O–H groups in total. The maximum Gasteiger partial charge on any atom is 0.165 e. The first kappa shape index (κ1) is 54.3. The number of fused-ring (bicyclic) bond motifs is 16. The van der Waals surface area contributed by atoms with Gasteiger partial charge in [0.2, 0.25) is 0 Å². The lowest BCUT2D eigenvalue weighted by Crippen LogP contribution is -2.16. The number of nitrogens with zero attached hydrogens (tertiary/aromatic N) is 6. The molecule has 0 radical (unpaired) electrons. The quantitative estimate of drug-likeness (QED) is 0.152. The zero-order valence-corrected chi connectivity index (χ0v) is 53.0. The number of rotatable bonds is 8. The van der Waals surface area contributed by atoms with Crippen molar-refractivity contribution in [2.45, 2.75) is 0 Å². The van der Waals surface area contributed by atoms with Crippen molar-refractivity contribution in [3.8, 4) is 67.8 Å².